The fourth-order valence-electron chi connectivity index (χ4n) is 1.58. The van der Waals surface area contributed by atoms with Gasteiger partial charge in [0.1, 0.15) is 5.82 Å². The summed E-state index contributed by atoms with van der Waals surface area (Å²) in [6.07, 6.45) is -0.521. The van der Waals surface area contributed by atoms with Gasteiger partial charge in [-0.2, -0.15) is 0 Å². The molecule has 0 heterocycles. The molecule has 0 amide bonds. The molecular weight excluding hydrogens is 235 g/mol. The van der Waals surface area contributed by atoms with Gasteiger partial charge in [-0.05, 0) is 36.8 Å². The first-order valence-corrected chi connectivity index (χ1v) is 6.19. The molecule has 1 atom stereocenters. The van der Waals surface area contributed by atoms with Gasteiger partial charge in [0.25, 0.3) is 0 Å². The quantitative estimate of drug-likeness (QED) is 0.885. The van der Waals surface area contributed by atoms with Crippen molar-refractivity contribution in [3.05, 3.63) is 59.9 Å². The van der Waals surface area contributed by atoms with Crippen LogP contribution in [0.15, 0.2) is 58.3 Å². The van der Waals surface area contributed by atoms with E-state index in [1.54, 1.807) is 13.0 Å². The molecule has 17 heavy (non-hydrogen) atoms. The second-order valence-corrected chi connectivity index (χ2v) is 4.89. The molecule has 1 unspecified atom stereocenters. The van der Waals surface area contributed by atoms with Crippen LogP contribution in [0.25, 0.3) is 0 Å². The third-order valence-corrected chi connectivity index (χ3v) is 3.47. The van der Waals surface area contributed by atoms with Gasteiger partial charge >= 0.3 is 0 Å². The first-order chi connectivity index (χ1) is 8.16. The van der Waals surface area contributed by atoms with Crippen LogP contribution in [-0.2, 0) is 0 Å². The molecule has 2 rings (SSSR count). The third-order valence-electron chi connectivity index (χ3n) is 2.39. The Kier molecular flexibility index (Phi) is 3.82. The highest BCUT2D eigenvalue weighted by atomic mass is 32.2. The van der Waals surface area contributed by atoms with E-state index in [1.165, 1.54) is 23.9 Å². The summed E-state index contributed by atoms with van der Waals surface area (Å²) in [5.74, 6) is -0.246. The summed E-state index contributed by atoms with van der Waals surface area (Å²) in [6, 6.07) is 14.1. The van der Waals surface area contributed by atoms with Crippen molar-refractivity contribution < 1.29 is 9.50 Å². The van der Waals surface area contributed by atoms with Crippen LogP contribution in [0, 0.1) is 5.82 Å². The van der Waals surface area contributed by atoms with E-state index in [4.69, 9.17) is 0 Å². The standard InChI is InChI=1S/C14H13FOS/c1-10(16)13-7-2-3-8-14(13)17-12-6-4-5-11(15)9-12/h2-10,16H,1H3. The normalized spacial score (nSPS) is 12.4. The minimum Gasteiger partial charge on any atom is -0.389 e. The molecule has 3 heteroatoms. The molecule has 0 aliphatic carbocycles. The highest BCUT2D eigenvalue weighted by Crippen LogP contribution is 2.33. The number of aliphatic hydroxyl groups is 1. The van der Waals surface area contributed by atoms with Crippen LogP contribution in [0.5, 0.6) is 0 Å². The lowest BCUT2D eigenvalue weighted by molar-refractivity contribution is 0.196. The summed E-state index contributed by atoms with van der Waals surface area (Å²) in [4.78, 5) is 1.78. The second kappa shape index (κ2) is 5.34. The summed E-state index contributed by atoms with van der Waals surface area (Å²) in [5, 5.41) is 9.65. The third kappa shape index (κ3) is 3.08. The summed E-state index contributed by atoms with van der Waals surface area (Å²) in [6.45, 7) is 1.73. The number of hydrogen-bond acceptors (Lipinski definition) is 2. The molecule has 1 nitrogen and oxygen atoms in total. The van der Waals surface area contributed by atoms with Crippen LogP contribution in [0.2, 0.25) is 0 Å². The SMILES string of the molecule is CC(O)c1ccccc1Sc1cccc(F)c1. The van der Waals surface area contributed by atoms with Gasteiger partial charge in [-0.25, -0.2) is 4.39 Å². The molecule has 0 bridgehead atoms. The van der Waals surface area contributed by atoms with Gasteiger partial charge < -0.3 is 5.11 Å². The van der Waals surface area contributed by atoms with Crippen LogP contribution >= 0.6 is 11.8 Å². The zero-order chi connectivity index (χ0) is 12.3. The van der Waals surface area contributed by atoms with E-state index >= 15 is 0 Å². The number of hydrogen-bond donors (Lipinski definition) is 1. The first-order valence-electron chi connectivity index (χ1n) is 5.37. The van der Waals surface area contributed by atoms with E-state index in [-0.39, 0.29) is 5.82 Å². The number of aliphatic hydroxyl groups excluding tert-OH is 1. The van der Waals surface area contributed by atoms with Crippen molar-refractivity contribution in [3.63, 3.8) is 0 Å². The van der Waals surface area contributed by atoms with Gasteiger partial charge in [0.05, 0.1) is 6.10 Å². The number of halogens is 1. The van der Waals surface area contributed by atoms with Crippen LogP contribution in [-0.4, -0.2) is 5.11 Å². The van der Waals surface area contributed by atoms with Crippen LogP contribution in [0.1, 0.15) is 18.6 Å². The largest absolute Gasteiger partial charge is 0.389 e. The first kappa shape index (κ1) is 12.1. The molecule has 0 spiro atoms. The van der Waals surface area contributed by atoms with Crippen molar-refractivity contribution >= 4 is 11.8 Å². The maximum atomic E-state index is 13.1. The van der Waals surface area contributed by atoms with Gasteiger partial charge in [0.15, 0.2) is 0 Å². The Balaban J connectivity index is 2.30. The van der Waals surface area contributed by atoms with Crippen LogP contribution < -0.4 is 0 Å². The molecule has 2 aromatic rings. The smallest absolute Gasteiger partial charge is 0.124 e. The molecule has 0 fully saturated rings. The Bertz CT molecular complexity index is 511. The summed E-state index contributed by atoms with van der Waals surface area (Å²) in [7, 11) is 0. The van der Waals surface area contributed by atoms with Crippen LogP contribution in [0.3, 0.4) is 0 Å². The van der Waals surface area contributed by atoms with Gasteiger partial charge in [0.2, 0.25) is 0 Å². The lowest BCUT2D eigenvalue weighted by Gasteiger charge is -2.11. The fraction of sp³-hybridized carbons (Fsp3) is 0.143. The van der Waals surface area contributed by atoms with E-state index in [1.807, 2.05) is 30.3 Å². The molecule has 88 valence electrons. The average Bonchev–Trinajstić information content (AvgIpc) is 2.29. The predicted molar refractivity (Wildman–Crippen MR) is 67.6 cm³/mol. The highest BCUT2D eigenvalue weighted by Gasteiger charge is 2.08. The molecule has 0 aliphatic heterocycles. The molecule has 0 aromatic heterocycles. The van der Waals surface area contributed by atoms with E-state index in [2.05, 4.69) is 0 Å². The van der Waals surface area contributed by atoms with E-state index < -0.39 is 6.10 Å². The second-order valence-electron chi connectivity index (χ2n) is 3.77. The zero-order valence-electron chi connectivity index (χ0n) is 9.43. The summed E-state index contributed by atoms with van der Waals surface area (Å²) >= 11 is 1.46. The summed E-state index contributed by atoms with van der Waals surface area (Å²) < 4.78 is 13.1. The minimum absolute atomic E-state index is 0.246. The molecular formula is C14H13FOS. The molecule has 1 N–H and O–H groups in total. The molecule has 0 radical (unpaired) electrons. The van der Waals surface area contributed by atoms with Crippen molar-refractivity contribution in [1.29, 1.82) is 0 Å². The fourth-order valence-corrected chi connectivity index (χ4v) is 2.65. The molecule has 2 aromatic carbocycles. The summed E-state index contributed by atoms with van der Waals surface area (Å²) in [5.41, 5.74) is 0.863. The Labute approximate surface area is 104 Å². The van der Waals surface area contributed by atoms with Crippen molar-refractivity contribution in [3.8, 4) is 0 Å². The molecule has 0 aliphatic rings. The van der Waals surface area contributed by atoms with Crippen molar-refractivity contribution in [2.75, 3.05) is 0 Å². The van der Waals surface area contributed by atoms with Crippen molar-refractivity contribution in [1.82, 2.24) is 0 Å². The van der Waals surface area contributed by atoms with Crippen molar-refractivity contribution in [2.45, 2.75) is 22.8 Å². The Morgan fingerprint density at radius 1 is 1.12 bits per heavy atom. The van der Waals surface area contributed by atoms with Gasteiger partial charge in [-0.1, -0.05) is 36.0 Å². The monoisotopic (exact) mass is 248 g/mol. The minimum atomic E-state index is -0.521. The Morgan fingerprint density at radius 2 is 1.88 bits per heavy atom. The van der Waals surface area contributed by atoms with E-state index in [0.29, 0.717) is 0 Å². The predicted octanol–water partition coefficient (Wildman–Crippen LogP) is 4.03. The molecule has 0 saturated heterocycles. The van der Waals surface area contributed by atoms with E-state index in [9.17, 15) is 9.50 Å². The highest BCUT2D eigenvalue weighted by molar-refractivity contribution is 7.99. The van der Waals surface area contributed by atoms with Crippen molar-refractivity contribution in [2.24, 2.45) is 0 Å². The Morgan fingerprint density at radius 3 is 2.59 bits per heavy atom. The lowest BCUT2D eigenvalue weighted by Crippen LogP contribution is -1.93. The Hall–Kier alpha value is -1.32. The average molecular weight is 248 g/mol. The van der Waals surface area contributed by atoms with Gasteiger partial charge in [-0.3, -0.25) is 0 Å². The topological polar surface area (TPSA) is 20.2 Å². The maximum absolute atomic E-state index is 13.1. The number of benzene rings is 2. The van der Waals surface area contributed by atoms with Gasteiger partial charge in [0, 0.05) is 9.79 Å². The number of rotatable bonds is 3. The zero-order valence-corrected chi connectivity index (χ0v) is 10.2. The van der Waals surface area contributed by atoms with E-state index in [0.717, 1.165) is 15.4 Å². The van der Waals surface area contributed by atoms with Gasteiger partial charge in [-0.15, -0.1) is 0 Å². The lowest BCUT2D eigenvalue weighted by atomic mass is 10.1. The molecule has 0 saturated carbocycles. The van der Waals surface area contributed by atoms with Crippen LogP contribution in [0.4, 0.5) is 4.39 Å². The maximum Gasteiger partial charge on any atom is 0.124 e.